The Morgan fingerprint density at radius 1 is 1.53 bits per heavy atom. The zero-order valence-electron chi connectivity index (χ0n) is 9.31. The molecule has 4 nitrogen and oxygen atoms in total. The van der Waals surface area contributed by atoms with Crippen LogP contribution in [0.15, 0.2) is 17.8 Å². The lowest BCUT2D eigenvalue weighted by Gasteiger charge is -2.10. The van der Waals surface area contributed by atoms with Crippen LogP contribution in [0.3, 0.4) is 0 Å². The maximum Gasteiger partial charge on any atom is 0.222 e. The van der Waals surface area contributed by atoms with Crippen molar-refractivity contribution in [3.63, 3.8) is 0 Å². The van der Waals surface area contributed by atoms with E-state index in [1.807, 2.05) is 10.6 Å². The van der Waals surface area contributed by atoms with E-state index in [2.05, 4.69) is 30.6 Å². The summed E-state index contributed by atoms with van der Waals surface area (Å²) in [5, 5.41) is 8.86. The van der Waals surface area contributed by atoms with Gasteiger partial charge in [0.25, 0.3) is 0 Å². The van der Waals surface area contributed by atoms with Crippen LogP contribution in [-0.2, 0) is 0 Å². The summed E-state index contributed by atoms with van der Waals surface area (Å²) in [6.07, 6.45) is 4.08. The number of allylic oxidation sites excluding steroid dienone is 1. The minimum atomic E-state index is 0.307. The molecule has 15 heavy (non-hydrogen) atoms. The number of thioether (sulfide) groups is 1. The van der Waals surface area contributed by atoms with Gasteiger partial charge in [0.2, 0.25) is 5.95 Å². The molecule has 2 N–H and O–H groups in total. The average molecular weight is 226 g/mol. The van der Waals surface area contributed by atoms with Gasteiger partial charge in [-0.15, -0.1) is 16.8 Å². The predicted octanol–water partition coefficient (Wildman–Crippen LogP) is 2.50. The van der Waals surface area contributed by atoms with E-state index < -0.39 is 0 Å². The molecule has 0 unspecified atom stereocenters. The van der Waals surface area contributed by atoms with E-state index in [1.54, 1.807) is 11.8 Å². The highest BCUT2D eigenvalue weighted by Crippen LogP contribution is 2.23. The number of hydrogen-bond acceptors (Lipinski definition) is 4. The molecule has 0 aliphatic heterocycles. The summed E-state index contributed by atoms with van der Waals surface area (Å²) in [5.41, 5.74) is 5.73. The molecule has 0 aliphatic carbocycles. The van der Waals surface area contributed by atoms with Crippen LogP contribution < -0.4 is 5.73 Å². The van der Waals surface area contributed by atoms with Crippen molar-refractivity contribution in [3.05, 3.63) is 12.7 Å². The summed E-state index contributed by atoms with van der Waals surface area (Å²) in [7, 11) is 0. The molecule has 0 saturated heterocycles. The topological polar surface area (TPSA) is 56.7 Å². The highest BCUT2D eigenvalue weighted by atomic mass is 32.2. The van der Waals surface area contributed by atoms with Crippen molar-refractivity contribution in [1.82, 2.24) is 14.8 Å². The highest BCUT2D eigenvalue weighted by Gasteiger charge is 2.11. The van der Waals surface area contributed by atoms with Crippen LogP contribution in [0.25, 0.3) is 0 Å². The first-order valence-corrected chi connectivity index (χ1v) is 6.09. The van der Waals surface area contributed by atoms with Gasteiger partial charge in [0.1, 0.15) is 0 Å². The SMILES string of the molecule is C=CCCCSc1nnc(N)n1C(C)C. The fraction of sp³-hybridized carbons (Fsp3) is 0.600. The third kappa shape index (κ3) is 3.27. The Bertz CT molecular complexity index is 319. The summed E-state index contributed by atoms with van der Waals surface area (Å²) in [6, 6.07) is 0.307. The third-order valence-electron chi connectivity index (χ3n) is 1.99. The van der Waals surface area contributed by atoms with Crippen molar-refractivity contribution in [3.8, 4) is 0 Å². The van der Waals surface area contributed by atoms with Crippen LogP contribution >= 0.6 is 11.8 Å². The fourth-order valence-electron chi connectivity index (χ4n) is 1.26. The van der Waals surface area contributed by atoms with Crippen LogP contribution in [0.5, 0.6) is 0 Å². The smallest absolute Gasteiger partial charge is 0.222 e. The van der Waals surface area contributed by atoms with E-state index >= 15 is 0 Å². The number of unbranched alkanes of at least 4 members (excludes halogenated alkanes) is 1. The molecule has 1 aromatic rings. The van der Waals surface area contributed by atoms with Crippen LogP contribution in [0.1, 0.15) is 32.7 Å². The van der Waals surface area contributed by atoms with E-state index in [0.29, 0.717) is 12.0 Å². The molecule has 0 saturated carbocycles. The van der Waals surface area contributed by atoms with Crippen molar-refractivity contribution >= 4 is 17.7 Å². The molecular formula is C10H18N4S. The second kappa shape index (κ2) is 5.80. The number of aromatic nitrogens is 3. The number of hydrogen-bond donors (Lipinski definition) is 1. The van der Waals surface area contributed by atoms with E-state index in [1.165, 1.54) is 0 Å². The van der Waals surface area contributed by atoms with Crippen molar-refractivity contribution in [1.29, 1.82) is 0 Å². The van der Waals surface area contributed by atoms with Crippen LogP contribution in [0.4, 0.5) is 5.95 Å². The lowest BCUT2D eigenvalue weighted by atomic mass is 10.3. The van der Waals surface area contributed by atoms with Gasteiger partial charge in [-0.05, 0) is 26.7 Å². The monoisotopic (exact) mass is 226 g/mol. The number of anilines is 1. The molecule has 5 heteroatoms. The van der Waals surface area contributed by atoms with Gasteiger partial charge in [-0.2, -0.15) is 0 Å². The highest BCUT2D eigenvalue weighted by molar-refractivity contribution is 7.99. The van der Waals surface area contributed by atoms with E-state index in [4.69, 9.17) is 5.73 Å². The Hall–Kier alpha value is -0.970. The first-order chi connectivity index (χ1) is 7.16. The quantitative estimate of drug-likeness (QED) is 0.460. The molecule has 0 fully saturated rings. The van der Waals surface area contributed by atoms with Gasteiger partial charge in [-0.1, -0.05) is 17.8 Å². The first kappa shape index (κ1) is 12.1. The van der Waals surface area contributed by atoms with Gasteiger partial charge in [0.15, 0.2) is 5.16 Å². The molecule has 0 amide bonds. The fourth-order valence-corrected chi connectivity index (χ4v) is 2.30. The lowest BCUT2D eigenvalue weighted by molar-refractivity contribution is 0.557. The second-order valence-electron chi connectivity index (χ2n) is 3.58. The molecule has 0 radical (unpaired) electrons. The maximum atomic E-state index is 5.73. The second-order valence-corrected chi connectivity index (χ2v) is 4.65. The molecule has 1 aromatic heterocycles. The van der Waals surface area contributed by atoms with Gasteiger partial charge in [0.05, 0.1) is 0 Å². The zero-order valence-corrected chi connectivity index (χ0v) is 10.1. The van der Waals surface area contributed by atoms with Gasteiger partial charge in [-0.25, -0.2) is 0 Å². The normalized spacial score (nSPS) is 10.9. The predicted molar refractivity (Wildman–Crippen MR) is 65.0 cm³/mol. The average Bonchev–Trinajstić information content (AvgIpc) is 2.54. The largest absolute Gasteiger partial charge is 0.368 e. The first-order valence-electron chi connectivity index (χ1n) is 5.11. The number of nitrogen functional groups attached to an aromatic ring is 1. The molecule has 0 atom stereocenters. The minimum absolute atomic E-state index is 0.307. The number of nitrogens with two attached hydrogens (primary N) is 1. The van der Waals surface area contributed by atoms with Gasteiger partial charge < -0.3 is 5.73 Å². The standard InChI is InChI=1S/C10H18N4S/c1-4-5-6-7-15-10-13-12-9(11)14(10)8(2)3/h4,8H,1,5-7H2,2-3H3,(H2,11,12). The Kier molecular flexibility index (Phi) is 4.68. The summed E-state index contributed by atoms with van der Waals surface area (Å²) >= 11 is 1.70. The lowest BCUT2D eigenvalue weighted by Crippen LogP contribution is -2.07. The minimum Gasteiger partial charge on any atom is -0.368 e. The molecule has 0 spiro atoms. The van der Waals surface area contributed by atoms with Crippen LogP contribution in [0.2, 0.25) is 0 Å². The summed E-state index contributed by atoms with van der Waals surface area (Å²) in [4.78, 5) is 0. The van der Waals surface area contributed by atoms with Crippen LogP contribution in [-0.4, -0.2) is 20.5 Å². The summed E-state index contributed by atoms with van der Waals surface area (Å²) < 4.78 is 1.96. The molecule has 0 aliphatic rings. The van der Waals surface area contributed by atoms with Crippen LogP contribution in [0, 0.1) is 0 Å². The van der Waals surface area contributed by atoms with E-state index in [-0.39, 0.29) is 0 Å². The van der Waals surface area contributed by atoms with Crippen molar-refractivity contribution in [2.24, 2.45) is 0 Å². The number of nitrogens with zero attached hydrogens (tertiary/aromatic N) is 3. The molecule has 84 valence electrons. The maximum absolute atomic E-state index is 5.73. The molecule has 0 aromatic carbocycles. The Morgan fingerprint density at radius 3 is 2.87 bits per heavy atom. The van der Waals surface area contributed by atoms with Gasteiger partial charge in [-0.3, -0.25) is 4.57 Å². The summed E-state index contributed by atoms with van der Waals surface area (Å²) in [5.74, 6) is 1.52. The van der Waals surface area contributed by atoms with Crippen molar-refractivity contribution < 1.29 is 0 Å². The summed E-state index contributed by atoms with van der Waals surface area (Å²) in [6.45, 7) is 7.85. The molecule has 1 rings (SSSR count). The van der Waals surface area contributed by atoms with Crippen molar-refractivity contribution in [2.75, 3.05) is 11.5 Å². The van der Waals surface area contributed by atoms with E-state index in [0.717, 1.165) is 23.8 Å². The van der Waals surface area contributed by atoms with Gasteiger partial charge in [0, 0.05) is 11.8 Å². The van der Waals surface area contributed by atoms with E-state index in [9.17, 15) is 0 Å². The number of rotatable bonds is 6. The Labute approximate surface area is 95.0 Å². The van der Waals surface area contributed by atoms with Crippen molar-refractivity contribution in [2.45, 2.75) is 37.9 Å². The Morgan fingerprint density at radius 2 is 2.27 bits per heavy atom. The molecule has 0 bridgehead atoms. The molecule has 1 heterocycles. The third-order valence-corrected chi connectivity index (χ3v) is 3.02. The molecular weight excluding hydrogens is 208 g/mol. The van der Waals surface area contributed by atoms with Gasteiger partial charge >= 0.3 is 0 Å². The Balaban J connectivity index is 2.56. The zero-order chi connectivity index (χ0) is 11.3.